The Hall–Kier alpha value is -2.21. The van der Waals surface area contributed by atoms with Crippen molar-refractivity contribution in [2.75, 3.05) is 13.6 Å². The van der Waals surface area contributed by atoms with Crippen LogP contribution in [-0.4, -0.2) is 40.1 Å². The first kappa shape index (κ1) is 15.7. The molecule has 1 amide bonds. The molecule has 1 aromatic carbocycles. The first-order valence-electron chi connectivity index (χ1n) is 7.68. The van der Waals surface area contributed by atoms with E-state index < -0.39 is 17.0 Å². The van der Waals surface area contributed by atoms with Gasteiger partial charge >= 0.3 is 0 Å². The van der Waals surface area contributed by atoms with Gasteiger partial charge in [-0.1, -0.05) is 12.8 Å². The standard InChI is InChI=1S/C17H19FN2O3/c1-20(10-17(23)6-2-3-7-17)16(22)13-9-15(21)19-14-8-11(18)4-5-12(13)14/h4-5,8-9,23H,2-3,6-7,10H2,1H3,(H,19,21). The Kier molecular flexibility index (Phi) is 3.93. The van der Waals surface area contributed by atoms with Crippen molar-refractivity contribution in [1.82, 2.24) is 9.88 Å². The van der Waals surface area contributed by atoms with Gasteiger partial charge in [-0.3, -0.25) is 9.59 Å². The minimum Gasteiger partial charge on any atom is -0.388 e. The molecule has 0 radical (unpaired) electrons. The number of aliphatic hydroxyl groups is 1. The predicted octanol–water partition coefficient (Wildman–Crippen LogP) is 2.04. The maximum absolute atomic E-state index is 13.3. The first-order valence-corrected chi connectivity index (χ1v) is 7.68. The smallest absolute Gasteiger partial charge is 0.254 e. The zero-order chi connectivity index (χ0) is 16.6. The number of fused-ring (bicyclic) bond motifs is 1. The highest BCUT2D eigenvalue weighted by atomic mass is 19.1. The third kappa shape index (κ3) is 3.12. The molecule has 6 heteroatoms. The molecule has 1 fully saturated rings. The van der Waals surface area contributed by atoms with Gasteiger partial charge in [0.25, 0.3) is 5.91 Å². The van der Waals surface area contributed by atoms with Crippen molar-refractivity contribution in [3.63, 3.8) is 0 Å². The SMILES string of the molecule is CN(CC1(O)CCCC1)C(=O)c1cc(=O)[nH]c2cc(F)ccc12. The second kappa shape index (κ2) is 5.77. The first-order chi connectivity index (χ1) is 10.9. The Morgan fingerprint density at radius 2 is 2.04 bits per heavy atom. The molecule has 0 aliphatic heterocycles. The highest BCUT2D eigenvalue weighted by Gasteiger charge is 2.33. The van der Waals surface area contributed by atoms with Crippen LogP contribution in [-0.2, 0) is 0 Å². The van der Waals surface area contributed by atoms with Crippen LogP contribution in [0.4, 0.5) is 4.39 Å². The van der Waals surface area contributed by atoms with E-state index in [1.165, 1.54) is 29.2 Å². The Labute approximate surface area is 132 Å². The van der Waals surface area contributed by atoms with E-state index in [0.717, 1.165) is 12.8 Å². The fraction of sp³-hybridized carbons (Fsp3) is 0.412. The zero-order valence-electron chi connectivity index (χ0n) is 12.9. The molecule has 0 unspecified atom stereocenters. The molecular weight excluding hydrogens is 299 g/mol. The third-order valence-electron chi connectivity index (χ3n) is 4.45. The van der Waals surface area contributed by atoms with Gasteiger partial charge in [-0.2, -0.15) is 0 Å². The molecule has 0 spiro atoms. The van der Waals surface area contributed by atoms with Gasteiger partial charge in [0.2, 0.25) is 5.56 Å². The lowest BCUT2D eigenvalue weighted by Crippen LogP contribution is -2.42. The number of nitrogens with one attached hydrogen (secondary N) is 1. The van der Waals surface area contributed by atoms with Crippen LogP contribution in [0.25, 0.3) is 10.9 Å². The number of likely N-dealkylation sites (N-methyl/N-ethyl adjacent to an activating group) is 1. The minimum absolute atomic E-state index is 0.216. The zero-order valence-corrected chi connectivity index (χ0v) is 12.9. The number of halogens is 1. The lowest BCUT2D eigenvalue weighted by Gasteiger charge is -2.28. The number of H-pyrrole nitrogens is 1. The van der Waals surface area contributed by atoms with Crippen LogP contribution < -0.4 is 5.56 Å². The second-order valence-corrected chi connectivity index (χ2v) is 6.33. The van der Waals surface area contributed by atoms with E-state index in [1.807, 2.05) is 0 Å². The van der Waals surface area contributed by atoms with Crippen LogP contribution in [0, 0.1) is 5.82 Å². The van der Waals surface area contributed by atoms with Crippen molar-refractivity contribution in [2.45, 2.75) is 31.3 Å². The monoisotopic (exact) mass is 318 g/mol. The summed E-state index contributed by atoms with van der Waals surface area (Å²) >= 11 is 0. The Morgan fingerprint density at radius 1 is 1.35 bits per heavy atom. The fourth-order valence-corrected chi connectivity index (χ4v) is 3.32. The van der Waals surface area contributed by atoms with Gasteiger partial charge < -0.3 is 15.0 Å². The third-order valence-corrected chi connectivity index (χ3v) is 4.45. The molecule has 0 saturated heterocycles. The van der Waals surface area contributed by atoms with E-state index in [0.29, 0.717) is 18.2 Å². The average molecular weight is 318 g/mol. The summed E-state index contributed by atoms with van der Waals surface area (Å²) in [5.41, 5.74) is -0.811. The number of nitrogens with zero attached hydrogens (tertiary/aromatic N) is 1. The minimum atomic E-state index is -0.854. The molecule has 23 heavy (non-hydrogen) atoms. The van der Waals surface area contributed by atoms with Crippen LogP contribution in [0.2, 0.25) is 0 Å². The summed E-state index contributed by atoms with van der Waals surface area (Å²) in [5, 5.41) is 10.9. The molecular formula is C17H19FN2O3. The number of aromatic amines is 1. The number of hydrogen-bond acceptors (Lipinski definition) is 3. The molecule has 1 aliphatic carbocycles. The lowest BCUT2D eigenvalue weighted by atomic mass is 10.0. The van der Waals surface area contributed by atoms with Crippen LogP contribution in [0.3, 0.4) is 0 Å². The number of amides is 1. The van der Waals surface area contributed by atoms with Gasteiger partial charge in [-0.25, -0.2) is 4.39 Å². The Balaban J connectivity index is 1.95. The van der Waals surface area contributed by atoms with E-state index in [1.54, 1.807) is 7.05 Å². The molecule has 1 aliphatic rings. The van der Waals surface area contributed by atoms with Crippen LogP contribution in [0.15, 0.2) is 29.1 Å². The van der Waals surface area contributed by atoms with Crippen LogP contribution >= 0.6 is 0 Å². The van der Waals surface area contributed by atoms with E-state index in [-0.39, 0.29) is 23.5 Å². The summed E-state index contributed by atoms with van der Waals surface area (Å²) in [4.78, 5) is 28.4. The molecule has 1 heterocycles. The van der Waals surface area contributed by atoms with Crippen molar-refractivity contribution in [2.24, 2.45) is 0 Å². The highest BCUT2D eigenvalue weighted by molar-refractivity contribution is 6.05. The van der Waals surface area contributed by atoms with Crippen LogP contribution in [0.5, 0.6) is 0 Å². The number of hydrogen-bond donors (Lipinski definition) is 2. The summed E-state index contributed by atoms with van der Waals surface area (Å²) in [7, 11) is 1.61. The summed E-state index contributed by atoms with van der Waals surface area (Å²) in [6, 6.07) is 5.14. The van der Waals surface area contributed by atoms with E-state index in [9.17, 15) is 19.1 Å². The van der Waals surface area contributed by atoms with Gasteiger partial charge in [-0.15, -0.1) is 0 Å². The number of carbonyl (C=O) groups excluding carboxylic acids is 1. The quantitative estimate of drug-likeness (QED) is 0.909. The average Bonchev–Trinajstić information content (AvgIpc) is 2.91. The molecule has 1 aromatic heterocycles. The lowest BCUT2D eigenvalue weighted by molar-refractivity contribution is 0.0157. The van der Waals surface area contributed by atoms with Crippen molar-refractivity contribution in [3.05, 3.63) is 46.0 Å². The van der Waals surface area contributed by atoms with Gasteiger partial charge in [0.1, 0.15) is 5.82 Å². The number of benzene rings is 1. The summed E-state index contributed by atoms with van der Waals surface area (Å²) in [6.07, 6.45) is 3.25. The van der Waals surface area contributed by atoms with Crippen molar-refractivity contribution >= 4 is 16.8 Å². The van der Waals surface area contributed by atoms with E-state index in [2.05, 4.69) is 4.98 Å². The molecule has 5 nitrogen and oxygen atoms in total. The predicted molar refractivity (Wildman–Crippen MR) is 84.9 cm³/mol. The van der Waals surface area contributed by atoms with Gasteiger partial charge in [0.05, 0.1) is 16.7 Å². The van der Waals surface area contributed by atoms with E-state index >= 15 is 0 Å². The molecule has 2 N–H and O–H groups in total. The maximum Gasteiger partial charge on any atom is 0.254 e. The van der Waals surface area contributed by atoms with Gasteiger partial charge in [0, 0.05) is 25.0 Å². The summed E-state index contributed by atoms with van der Waals surface area (Å²) < 4.78 is 13.3. The Bertz CT molecular complexity index is 809. The van der Waals surface area contributed by atoms with Crippen molar-refractivity contribution in [1.29, 1.82) is 0 Å². The van der Waals surface area contributed by atoms with Gasteiger partial charge in [-0.05, 0) is 31.0 Å². The Morgan fingerprint density at radius 3 is 2.74 bits per heavy atom. The normalized spacial score (nSPS) is 16.7. The van der Waals surface area contributed by atoms with Crippen molar-refractivity contribution in [3.8, 4) is 0 Å². The van der Waals surface area contributed by atoms with Crippen LogP contribution in [0.1, 0.15) is 36.0 Å². The number of aromatic nitrogens is 1. The second-order valence-electron chi connectivity index (χ2n) is 6.33. The molecule has 122 valence electrons. The summed E-state index contributed by atoms with van der Waals surface area (Å²) in [6.45, 7) is 0.224. The number of rotatable bonds is 3. The largest absolute Gasteiger partial charge is 0.388 e. The molecule has 3 rings (SSSR count). The van der Waals surface area contributed by atoms with Gasteiger partial charge in [0.15, 0.2) is 0 Å². The van der Waals surface area contributed by atoms with E-state index in [4.69, 9.17) is 0 Å². The number of pyridine rings is 1. The van der Waals surface area contributed by atoms with Crippen molar-refractivity contribution < 1.29 is 14.3 Å². The molecule has 2 aromatic rings. The molecule has 0 atom stereocenters. The molecule has 0 bridgehead atoms. The number of carbonyl (C=O) groups is 1. The molecule has 1 saturated carbocycles. The maximum atomic E-state index is 13.3. The topological polar surface area (TPSA) is 73.4 Å². The fourth-order valence-electron chi connectivity index (χ4n) is 3.32. The summed E-state index contributed by atoms with van der Waals surface area (Å²) in [5.74, 6) is -0.834. The highest BCUT2D eigenvalue weighted by Crippen LogP contribution is 2.30.